The van der Waals surface area contributed by atoms with E-state index in [9.17, 15) is 9.59 Å². The number of hydrogen-bond acceptors (Lipinski definition) is 6. The smallest absolute Gasteiger partial charge is 0.266 e. The lowest BCUT2D eigenvalue weighted by Crippen LogP contribution is -2.48. The van der Waals surface area contributed by atoms with Gasteiger partial charge in [-0.1, -0.05) is 30.3 Å². The van der Waals surface area contributed by atoms with Crippen LogP contribution < -0.4 is 10.6 Å². The van der Waals surface area contributed by atoms with Gasteiger partial charge in [-0.25, -0.2) is 4.98 Å². The van der Waals surface area contributed by atoms with Crippen molar-refractivity contribution in [3.05, 3.63) is 87.9 Å². The minimum atomic E-state index is -0.00721. The Hall–Kier alpha value is -3.71. The first-order valence-corrected chi connectivity index (χ1v) is 13.7. The van der Waals surface area contributed by atoms with Crippen molar-refractivity contribution in [3.63, 3.8) is 0 Å². The molecule has 188 valence electrons. The number of carbonyl (C=O) groups is 2. The van der Waals surface area contributed by atoms with Crippen LogP contribution >= 0.6 is 11.3 Å². The monoisotopic (exact) mass is 510 g/mol. The van der Waals surface area contributed by atoms with E-state index in [1.54, 1.807) is 6.92 Å². The van der Waals surface area contributed by atoms with Gasteiger partial charge in [-0.05, 0) is 73.6 Å². The molecule has 1 aliphatic carbocycles. The number of nitrogens with zero attached hydrogens (tertiary/aromatic N) is 3. The van der Waals surface area contributed by atoms with E-state index in [2.05, 4.69) is 41.3 Å². The van der Waals surface area contributed by atoms with Gasteiger partial charge in [-0.3, -0.25) is 9.59 Å². The maximum atomic E-state index is 13.5. The number of carbonyl (C=O) groups excluding carboxylic acids is 2. The first kappa shape index (κ1) is 23.7. The van der Waals surface area contributed by atoms with Gasteiger partial charge >= 0.3 is 0 Å². The van der Waals surface area contributed by atoms with Gasteiger partial charge in [0.1, 0.15) is 9.71 Å². The number of anilines is 2. The first-order valence-electron chi connectivity index (χ1n) is 12.9. The lowest BCUT2D eigenvalue weighted by molar-refractivity contribution is 0.0752. The molecule has 2 aromatic heterocycles. The fourth-order valence-electron chi connectivity index (χ4n) is 5.58. The summed E-state index contributed by atoms with van der Waals surface area (Å²) in [6, 6.07) is 20.5. The van der Waals surface area contributed by atoms with E-state index in [-0.39, 0.29) is 11.7 Å². The number of pyridine rings is 1. The van der Waals surface area contributed by atoms with Crippen molar-refractivity contribution in [1.29, 1.82) is 0 Å². The molecule has 1 aliphatic heterocycles. The summed E-state index contributed by atoms with van der Waals surface area (Å²) >= 11 is 1.42. The molecule has 3 heterocycles. The highest BCUT2D eigenvalue weighted by Gasteiger charge is 2.28. The molecule has 2 aromatic carbocycles. The maximum Gasteiger partial charge on any atom is 0.266 e. The van der Waals surface area contributed by atoms with Gasteiger partial charge < -0.3 is 15.5 Å². The molecule has 4 aromatic rings. The Kier molecular flexibility index (Phi) is 6.16. The largest absolute Gasteiger partial charge is 0.397 e. The van der Waals surface area contributed by atoms with Crippen molar-refractivity contribution in [3.8, 4) is 0 Å². The normalized spacial score (nSPS) is 17.6. The van der Waals surface area contributed by atoms with E-state index in [0.29, 0.717) is 35.1 Å². The highest BCUT2D eigenvalue weighted by Crippen LogP contribution is 2.39. The molecule has 0 bridgehead atoms. The molecule has 7 heteroatoms. The number of piperazine rings is 1. The Morgan fingerprint density at radius 2 is 1.73 bits per heavy atom. The predicted molar refractivity (Wildman–Crippen MR) is 150 cm³/mol. The van der Waals surface area contributed by atoms with Crippen LogP contribution in [-0.2, 0) is 12.8 Å². The van der Waals surface area contributed by atoms with Crippen molar-refractivity contribution in [2.24, 2.45) is 0 Å². The highest BCUT2D eigenvalue weighted by atomic mass is 32.1. The Morgan fingerprint density at radius 3 is 2.43 bits per heavy atom. The molecule has 0 spiro atoms. The van der Waals surface area contributed by atoms with Crippen molar-refractivity contribution in [1.82, 2.24) is 9.88 Å². The Bertz CT molecular complexity index is 1470. The second-order valence-corrected chi connectivity index (χ2v) is 11.0. The summed E-state index contributed by atoms with van der Waals surface area (Å²) in [5.74, 6) is 0.547. The quantitative estimate of drug-likeness (QED) is 0.376. The van der Waals surface area contributed by atoms with Crippen LogP contribution in [0.3, 0.4) is 0 Å². The maximum absolute atomic E-state index is 13.5. The van der Waals surface area contributed by atoms with Crippen LogP contribution in [-0.4, -0.2) is 47.8 Å². The standard InChI is InChI=1S/C30H30N4O2S/c1-19(35)20-7-10-24(11-8-20)33-13-15-34(16-14-33)30(36)28-27(31)25-18-23-17-22(21-5-3-2-4-6-21)9-12-26(23)32-29(25)37-28/h2-8,10-11,18,22H,9,12-17,31H2,1H3/t22-/m1/s1. The molecule has 2 N–H and O–H groups in total. The number of nitrogen functional groups attached to an aromatic ring is 1. The summed E-state index contributed by atoms with van der Waals surface area (Å²) in [6.07, 6.45) is 2.99. The Balaban J connectivity index is 1.18. The highest BCUT2D eigenvalue weighted by molar-refractivity contribution is 7.21. The molecule has 0 unspecified atom stereocenters. The number of Topliss-reactive ketones (excluding diaryl/α,β-unsaturated/α-hetero) is 1. The molecule has 6 rings (SSSR count). The summed E-state index contributed by atoms with van der Waals surface area (Å²) in [6.45, 7) is 4.31. The van der Waals surface area contributed by atoms with E-state index >= 15 is 0 Å². The van der Waals surface area contributed by atoms with E-state index in [4.69, 9.17) is 10.7 Å². The van der Waals surface area contributed by atoms with Crippen LogP contribution in [0.5, 0.6) is 0 Å². The summed E-state index contributed by atoms with van der Waals surface area (Å²) in [5.41, 5.74) is 12.7. The van der Waals surface area contributed by atoms with Gasteiger partial charge in [0.15, 0.2) is 5.78 Å². The van der Waals surface area contributed by atoms with Crippen LogP contribution in [0.1, 0.15) is 56.1 Å². The van der Waals surface area contributed by atoms with Crippen LogP contribution in [0.4, 0.5) is 11.4 Å². The molecular formula is C30H30N4O2S. The number of aromatic nitrogens is 1. The van der Waals surface area contributed by atoms with E-state index in [1.807, 2.05) is 29.2 Å². The van der Waals surface area contributed by atoms with Crippen LogP contribution in [0.2, 0.25) is 0 Å². The van der Waals surface area contributed by atoms with Gasteiger partial charge in [0.2, 0.25) is 0 Å². The number of hydrogen-bond donors (Lipinski definition) is 1. The second kappa shape index (κ2) is 9.63. The number of fused-ring (bicyclic) bond motifs is 2. The predicted octanol–water partition coefficient (Wildman–Crippen LogP) is 5.32. The molecule has 1 atom stereocenters. The molecule has 1 saturated heterocycles. The molecule has 0 radical (unpaired) electrons. The van der Waals surface area contributed by atoms with Gasteiger partial charge in [0, 0.05) is 48.5 Å². The van der Waals surface area contributed by atoms with E-state index in [0.717, 1.165) is 53.9 Å². The summed E-state index contributed by atoms with van der Waals surface area (Å²) in [5, 5.41) is 0.907. The Labute approximate surface area is 220 Å². The zero-order valence-electron chi connectivity index (χ0n) is 20.9. The van der Waals surface area contributed by atoms with Gasteiger partial charge in [0.05, 0.1) is 5.69 Å². The summed E-state index contributed by atoms with van der Waals surface area (Å²) in [4.78, 5) is 35.6. The first-order chi connectivity index (χ1) is 18.0. The summed E-state index contributed by atoms with van der Waals surface area (Å²) < 4.78 is 0. The van der Waals surface area contributed by atoms with Crippen LogP contribution in [0, 0.1) is 0 Å². The molecule has 0 saturated carbocycles. The number of amides is 1. The fraction of sp³-hybridized carbons (Fsp3) is 0.300. The molecule has 37 heavy (non-hydrogen) atoms. The lowest BCUT2D eigenvalue weighted by Gasteiger charge is -2.36. The average Bonchev–Trinajstić information content (AvgIpc) is 3.26. The summed E-state index contributed by atoms with van der Waals surface area (Å²) in [7, 11) is 0. The molecular weight excluding hydrogens is 480 g/mol. The van der Waals surface area contributed by atoms with Crippen molar-refractivity contribution < 1.29 is 9.59 Å². The molecule has 6 nitrogen and oxygen atoms in total. The lowest BCUT2D eigenvalue weighted by atomic mass is 9.82. The van der Waals surface area contributed by atoms with Gasteiger partial charge in [-0.2, -0.15) is 0 Å². The van der Waals surface area contributed by atoms with Crippen molar-refractivity contribution in [2.45, 2.75) is 32.1 Å². The number of benzene rings is 2. The van der Waals surface area contributed by atoms with E-state index < -0.39 is 0 Å². The second-order valence-electron chi connectivity index (χ2n) is 10.0. The van der Waals surface area contributed by atoms with Crippen molar-refractivity contribution >= 4 is 44.6 Å². The molecule has 1 fully saturated rings. The third-order valence-corrected chi connectivity index (χ3v) is 8.86. The minimum absolute atomic E-state index is 0.00721. The minimum Gasteiger partial charge on any atom is -0.397 e. The number of aryl methyl sites for hydroxylation is 1. The fourth-order valence-corrected chi connectivity index (χ4v) is 6.64. The molecule has 1 amide bonds. The zero-order chi connectivity index (χ0) is 25.5. The zero-order valence-corrected chi connectivity index (χ0v) is 21.8. The van der Waals surface area contributed by atoms with Crippen molar-refractivity contribution in [2.75, 3.05) is 36.8 Å². The van der Waals surface area contributed by atoms with E-state index in [1.165, 1.54) is 22.5 Å². The molecule has 2 aliphatic rings. The average molecular weight is 511 g/mol. The topological polar surface area (TPSA) is 79.5 Å². The van der Waals surface area contributed by atoms with Crippen LogP contribution in [0.25, 0.3) is 10.2 Å². The number of ketones is 1. The SMILES string of the molecule is CC(=O)c1ccc(N2CCN(C(=O)c3sc4nc5c(cc4c3N)C[C@H](c3ccccc3)CC5)CC2)cc1. The third kappa shape index (κ3) is 4.48. The third-order valence-electron chi connectivity index (χ3n) is 7.76. The number of thiophene rings is 1. The number of nitrogens with two attached hydrogens (primary N) is 1. The number of rotatable bonds is 4. The Morgan fingerprint density at radius 1 is 1.00 bits per heavy atom. The van der Waals surface area contributed by atoms with Gasteiger partial charge in [-0.15, -0.1) is 11.3 Å². The van der Waals surface area contributed by atoms with Crippen LogP contribution in [0.15, 0.2) is 60.7 Å². The van der Waals surface area contributed by atoms with Gasteiger partial charge in [0.25, 0.3) is 5.91 Å².